The number of sulfone groups is 1. The topological polar surface area (TPSA) is 110 Å². The molecule has 0 aromatic heterocycles. The molecule has 1 rings (SSSR count). The quantitative estimate of drug-likeness (QED) is 0.797. The Morgan fingerprint density at radius 1 is 1.35 bits per heavy atom. The van der Waals surface area contributed by atoms with Gasteiger partial charge in [0.2, 0.25) is 0 Å². The Bertz CT molecular complexity index is 479. The van der Waals surface area contributed by atoms with E-state index >= 15 is 0 Å². The Morgan fingerprint density at radius 3 is 2.45 bits per heavy atom. The molecule has 0 radical (unpaired) electrons. The van der Waals surface area contributed by atoms with E-state index in [1.165, 1.54) is 0 Å². The minimum atomic E-state index is -3.24. The number of carbonyl (C=O) groups excluding carboxylic acids is 1. The summed E-state index contributed by atoms with van der Waals surface area (Å²) in [4.78, 5) is 22.5. The van der Waals surface area contributed by atoms with Crippen molar-refractivity contribution in [2.45, 2.75) is 45.3 Å². The number of ether oxygens (including phenoxy) is 1. The first-order chi connectivity index (χ1) is 8.98. The molecule has 8 heteroatoms. The number of hydrogen-bond donors (Lipinski definition) is 2. The number of hydrogen-bond acceptors (Lipinski definition) is 5. The lowest BCUT2D eigenvalue weighted by atomic mass is 9.95. The van der Waals surface area contributed by atoms with Gasteiger partial charge in [-0.05, 0) is 27.2 Å². The van der Waals surface area contributed by atoms with Gasteiger partial charge in [0.05, 0.1) is 17.9 Å². The van der Waals surface area contributed by atoms with Gasteiger partial charge >= 0.3 is 12.1 Å². The number of rotatable bonds is 3. The van der Waals surface area contributed by atoms with Gasteiger partial charge in [-0.25, -0.2) is 13.2 Å². The minimum Gasteiger partial charge on any atom is -0.481 e. The van der Waals surface area contributed by atoms with Crippen LogP contribution < -0.4 is 5.32 Å². The summed E-state index contributed by atoms with van der Waals surface area (Å²) >= 11 is 0. The highest BCUT2D eigenvalue weighted by atomic mass is 32.2. The van der Waals surface area contributed by atoms with Crippen molar-refractivity contribution in [1.29, 1.82) is 0 Å². The summed E-state index contributed by atoms with van der Waals surface area (Å²) in [5.74, 6) is -1.98. The maximum Gasteiger partial charge on any atom is 0.407 e. The molecular formula is C12H21NO6S. The van der Waals surface area contributed by atoms with Crippen molar-refractivity contribution in [2.75, 3.05) is 11.5 Å². The molecule has 1 fully saturated rings. The van der Waals surface area contributed by atoms with Crippen LogP contribution in [-0.2, 0) is 19.4 Å². The van der Waals surface area contributed by atoms with Crippen molar-refractivity contribution in [3.05, 3.63) is 0 Å². The molecule has 1 amide bonds. The number of nitrogens with one attached hydrogen (secondary N) is 1. The lowest BCUT2D eigenvalue weighted by Crippen LogP contribution is -2.49. The van der Waals surface area contributed by atoms with Gasteiger partial charge in [0, 0.05) is 12.0 Å². The summed E-state index contributed by atoms with van der Waals surface area (Å²) in [6.07, 6.45) is -0.739. The molecule has 1 saturated heterocycles. The molecule has 0 aliphatic carbocycles. The molecule has 1 heterocycles. The van der Waals surface area contributed by atoms with Crippen molar-refractivity contribution >= 4 is 21.9 Å². The first-order valence-electron chi connectivity index (χ1n) is 6.40. The summed E-state index contributed by atoms with van der Waals surface area (Å²) in [6, 6.07) is -0.496. The van der Waals surface area contributed by atoms with Crippen LogP contribution in [0, 0.1) is 5.92 Å². The van der Waals surface area contributed by atoms with E-state index in [1.807, 2.05) is 0 Å². The molecule has 116 valence electrons. The third-order valence-corrected chi connectivity index (χ3v) is 4.71. The molecule has 1 aliphatic rings. The van der Waals surface area contributed by atoms with Crippen LogP contribution in [0.3, 0.4) is 0 Å². The Hall–Kier alpha value is -1.31. The molecule has 0 unspecified atom stereocenters. The monoisotopic (exact) mass is 307 g/mol. The second-order valence-corrected chi connectivity index (χ2v) is 8.24. The smallest absolute Gasteiger partial charge is 0.407 e. The third-order valence-electron chi connectivity index (χ3n) is 2.92. The van der Waals surface area contributed by atoms with Crippen molar-refractivity contribution in [1.82, 2.24) is 5.32 Å². The average Bonchev–Trinajstić information content (AvgIpc) is 2.18. The van der Waals surface area contributed by atoms with E-state index < -0.39 is 39.5 Å². The number of amides is 1. The SMILES string of the molecule is CC(C)(C)OC(=O)N[C@@H]1CCS(=O)(=O)C[C@@H]1CC(=O)O. The molecule has 1 aliphatic heterocycles. The Labute approximate surface area is 118 Å². The molecule has 2 atom stereocenters. The van der Waals surface area contributed by atoms with Gasteiger partial charge in [-0.1, -0.05) is 0 Å². The first kappa shape index (κ1) is 16.7. The van der Waals surface area contributed by atoms with Gasteiger partial charge in [0.15, 0.2) is 9.84 Å². The molecule has 0 saturated carbocycles. The van der Waals surface area contributed by atoms with Gasteiger partial charge in [-0.3, -0.25) is 4.79 Å². The molecule has 0 aromatic rings. The van der Waals surface area contributed by atoms with Gasteiger partial charge in [-0.15, -0.1) is 0 Å². The highest BCUT2D eigenvalue weighted by Gasteiger charge is 2.36. The van der Waals surface area contributed by atoms with Gasteiger partial charge < -0.3 is 15.2 Å². The minimum absolute atomic E-state index is 0.0520. The van der Waals surface area contributed by atoms with E-state index in [0.29, 0.717) is 0 Å². The molecular weight excluding hydrogens is 286 g/mol. The molecule has 20 heavy (non-hydrogen) atoms. The van der Waals surface area contributed by atoms with E-state index in [0.717, 1.165) is 0 Å². The summed E-state index contributed by atoms with van der Waals surface area (Å²) in [6.45, 7) is 5.14. The van der Waals surface area contributed by atoms with E-state index in [9.17, 15) is 18.0 Å². The largest absolute Gasteiger partial charge is 0.481 e. The number of carbonyl (C=O) groups is 2. The fourth-order valence-electron chi connectivity index (χ4n) is 2.14. The van der Waals surface area contributed by atoms with Gasteiger partial charge in [0.25, 0.3) is 0 Å². The fourth-order valence-corrected chi connectivity index (χ4v) is 3.92. The van der Waals surface area contributed by atoms with Gasteiger partial charge in [-0.2, -0.15) is 0 Å². The molecule has 0 bridgehead atoms. The van der Waals surface area contributed by atoms with Crippen molar-refractivity contribution in [3.63, 3.8) is 0 Å². The predicted octanol–water partition coefficient (Wildman–Crippen LogP) is 0.789. The summed E-state index contributed by atoms with van der Waals surface area (Å²) in [5.41, 5.74) is -0.660. The summed E-state index contributed by atoms with van der Waals surface area (Å²) in [5, 5.41) is 11.4. The lowest BCUT2D eigenvalue weighted by Gasteiger charge is -2.31. The van der Waals surface area contributed by atoms with Crippen LogP contribution in [-0.4, -0.2) is 48.7 Å². The van der Waals surface area contributed by atoms with Crippen LogP contribution >= 0.6 is 0 Å². The fraction of sp³-hybridized carbons (Fsp3) is 0.833. The average molecular weight is 307 g/mol. The maximum absolute atomic E-state index is 11.7. The Balaban J connectivity index is 2.71. The number of aliphatic carboxylic acids is 1. The van der Waals surface area contributed by atoms with E-state index in [-0.39, 0.29) is 24.3 Å². The van der Waals surface area contributed by atoms with E-state index in [1.54, 1.807) is 20.8 Å². The normalized spacial score (nSPS) is 25.8. The number of carboxylic acid groups (broad SMARTS) is 1. The van der Waals surface area contributed by atoms with E-state index in [2.05, 4.69) is 5.32 Å². The van der Waals surface area contributed by atoms with Crippen LogP contribution in [0.15, 0.2) is 0 Å². The molecule has 2 N–H and O–H groups in total. The first-order valence-corrected chi connectivity index (χ1v) is 8.22. The van der Waals surface area contributed by atoms with Crippen molar-refractivity contribution in [3.8, 4) is 0 Å². The van der Waals surface area contributed by atoms with Crippen molar-refractivity contribution < 1.29 is 27.9 Å². The summed E-state index contributed by atoms with van der Waals surface area (Å²) in [7, 11) is -3.24. The second-order valence-electron chi connectivity index (χ2n) is 6.01. The second kappa shape index (κ2) is 5.99. The molecule has 0 spiro atoms. The highest BCUT2D eigenvalue weighted by Crippen LogP contribution is 2.22. The zero-order chi connectivity index (χ0) is 15.6. The van der Waals surface area contributed by atoms with E-state index in [4.69, 9.17) is 9.84 Å². The maximum atomic E-state index is 11.7. The number of carboxylic acids is 1. The highest BCUT2D eigenvalue weighted by molar-refractivity contribution is 7.91. The standard InChI is InChI=1S/C12H21NO6S/c1-12(2,3)19-11(16)13-9-4-5-20(17,18)7-8(9)6-10(14)15/h8-9H,4-7H2,1-3H3,(H,13,16)(H,14,15)/t8-,9+/m0/s1. The Morgan fingerprint density at radius 2 is 1.95 bits per heavy atom. The molecule has 0 aromatic carbocycles. The Kier molecular flexibility index (Phi) is 5.01. The van der Waals surface area contributed by atoms with Crippen LogP contribution in [0.2, 0.25) is 0 Å². The summed E-state index contributed by atoms with van der Waals surface area (Å²) < 4.78 is 28.2. The zero-order valence-corrected chi connectivity index (χ0v) is 12.7. The third kappa shape index (κ3) is 5.77. The zero-order valence-electron chi connectivity index (χ0n) is 11.9. The lowest BCUT2D eigenvalue weighted by molar-refractivity contribution is -0.138. The molecule has 7 nitrogen and oxygen atoms in total. The van der Waals surface area contributed by atoms with Crippen LogP contribution in [0.5, 0.6) is 0 Å². The van der Waals surface area contributed by atoms with Crippen molar-refractivity contribution in [2.24, 2.45) is 5.92 Å². The van der Waals surface area contributed by atoms with Gasteiger partial charge in [0.1, 0.15) is 5.60 Å². The predicted molar refractivity (Wildman–Crippen MR) is 72.2 cm³/mol. The number of alkyl carbamates (subject to hydrolysis) is 1. The van der Waals surface area contributed by atoms with Crippen LogP contribution in [0.1, 0.15) is 33.6 Å². The van der Waals surface area contributed by atoms with Crippen LogP contribution in [0.25, 0.3) is 0 Å². The van der Waals surface area contributed by atoms with Crippen LogP contribution in [0.4, 0.5) is 4.79 Å².